The molecular weight excluding hydrogens is 216 g/mol. The van der Waals surface area contributed by atoms with Gasteiger partial charge in [-0.15, -0.1) is 0 Å². The number of hydrogen-bond acceptors (Lipinski definition) is 3. The van der Waals surface area contributed by atoms with E-state index in [1.807, 2.05) is 18.4 Å². The molecule has 1 aromatic carbocycles. The van der Waals surface area contributed by atoms with Crippen molar-refractivity contribution in [3.63, 3.8) is 0 Å². The average Bonchev–Trinajstić information content (AvgIpc) is 2.62. The number of aromatic hydroxyl groups is 1. The van der Waals surface area contributed by atoms with Crippen LogP contribution in [0.1, 0.15) is 27.7 Å². The number of aromatic nitrogens is 2. The van der Waals surface area contributed by atoms with Gasteiger partial charge < -0.3 is 14.8 Å². The van der Waals surface area contributed by atoms with Gasteiger partial charge in [-0.2, -0.15) is 0 Å². The van der Waals surface area contributed by atoms with Crippen molar-refractivity contribution >= 4 is 11.0 Å². The fraction of sp³-hybridized carbons (Fsp3) is 0.462. The number of phenolic OH excluding ortho intramolecular Hbond substituents is 1. The molecule has 0 bridgehead atoms. The number of rotatable bonds is 2. The minimum Gasteiger partial charge on any atom is -0.508 e. The lowest BCUT2D eigenvalue weighted by Crippen LogP contribution is -2.25. The lowest BCUT2D eigenvalue weighted by atomic mass is 10.1. The zero-order valence-electron chi connectivity index (χ0n) is 10.8. The molecule has 2 N–H and O–H groups in total. The minimum atomic E-state index is -0.793. The van der Waals surface area contributed by atoms with Crippen molar-refractivity contribution in [3.05, 3.63) is 24.5 Å². The summed E-state index contributed by atoms with van der Waals surface area (Å²) >= 11 is 0. The first-order valence-electron chi connectivity index (χ1n) is 5.82. The monoisotopic (exact) mass is 236 g/mol. The molecule has 1 aromatic heterocycles. The van der Waals surface area contributed by atoms with Crippen molar-refractivity contribution in [1.82, 2.24) is 9.55 Å². The highest BCUT2D eigenvalue weighted by Gasteiger charge is 2.15. The lowest BCUT2D eigenvalue weighted by molar-refractivity contribution is 0.0626. The third kappa shape index (κ3) is 3.46. The topological polar surface area (TPSA) is 58.3 Å². The summed E-state index contributed by atoms with van der Waals surface area (Å²) in [5, 5.41) is 19.1. The molecule has 0 saturated heterocycles. The van der Waals surface area contributed by atoms with Crippen molar-refractivity contribution in [1.29, 1.82) is 0 Å². The van der Waals surface area contributed by atoms with Crippen LogP contribution in [0.15, 0.2) is 24.5 Å². The largest absolute Gasteiger partial charge is 0.508 e. The molecule has 0 aliphatic rings. The number of hydrogen-bond donors (Lipinski definition) is 2. The Labute approximate surface area is 102 Å². The SMILES string of the molecule is CC.CC(C)(O)Cn1cnc2ccc(O)cc21. The summed E-state index contributed by atoms with van der Waals surface area (Å²) < 4.78 is 1.83. The summed E-state index contributed by atoms with van der Waals surface area (Å²) in [4.78, 5) is 4.18. The number of benzene rings is 1. The number of nitrogens with zero attached hydrogens (tertiary/aromatic N) is 2. The van der Waals surface area contributed by atoms with Crippen molar-refractivity contribution in [2.75, 3.05) is 0 Å². The number of phenols is 1. The van der Waals surface area contributed by atoms with Crippen molar-refractivity contribution in [2.24, 2.45) is 0 Å². The molecule has 0 aliphatic heterocycles. The standard InChI is InChI=1S/C11H14N2O2.C2H6/c1-11(2,15)6-13-7-12-9-4-3-8(14)5-10(9)13;1-2/h3-5,7,14-15H,6H2,1-2H3;1-2H3. The molecule has 94 valence electrons. The van der Waals surface area contributed by atoms with E-state index < -0.39 is 5.60 Å². The molecular formula is C13H20N2O2. The van der Waals surface area contributed by atoms with Gasteiger partial charge in [0, 0.05) is 6.07 Å². The van der Waals surface area contributed by atoms with Crippen LogP contribution in [-0.2, 0) is 6.54 Å². The molecule has 2 aromatic rings. The Hall–Kier alpha value is -1.55. The van der Waals surface area contributed by atoms with Crippen LogP contribution in [0, 0.1) is 0 Å². The van der Waals surface area contributed by atoms with Gasteiger partial charge in [0.15, 0.2) is 0 Å². The molecule has 0 radical (unpaired) electrons. The molecule has 0 atom stereocenters. The van der Waals surface area contributed by atoms with E-state index in [4.69, 9.17) is 0 Å². The Morgan fingerprint density at radius 1 is 1.29 bits per heavy atom. The van der Waals surface area contributed by atoms with E-state index in [2.05, 4.69) is 4.98 Å². The molecule has 17 heavy (non-hydrogen) atoms. The molecule has 4 nitrogen and oxygen atoms in total. The first-order valence-corrected chi connectivity index (χ1v) is 5.82. The fourth-order valence-corrected chi connectivity index (χ4v) is 1.59. The van der Waals surface area contributed by atoms with Gasteiger partial charge in [0.25, 0.3) is 0 Å². The Kier molecular flexibility index (Phi) is 4.12. The highest BCUT2D eigenvalue weighted by molar-refractivity contribution is 5.76. The Bertz CT molecular complexity index is 484. The van der Waals surface area contributed by atoms with Gasteiger partial charge in [0.2, 0.25) is 0 Å². The summed E-state index contributed by atoms with van der Waals surface area (Å²) in [6.07, 6.45) is 1.67. The second-order valence-electron chi connectivity index (χ2n) is 4.36. The van der Waals surface area contributed by atoms with E-state index in [0.717, 1.165) is 11.0 Å². The number of aliphatic hydroxyl groups is 1. The smallest absolute Gasteiger partial charge is 0.117 e. The van der Waals surface area contributed by atoms with Gasteiger partial charge in [-0.25, -0.2) is 4.98 Å². The van der Waals surface area contributed by atoms with E-state index in [-0.39, 0.29) is 5.75 Å². The average molecular weight is 236 g/mol. The van der Waals surface area contributed by atoms with E-state index in [9.17, 15) is 10.2 Å². The molecule has 2 rings (SSSR count). The van der Waals surface area contributed by atoms with Crippen molar-refractivity contribution < 1.29 is 10.2 Å². The second kappa shape index (κ2) is 5.19. The maximum absolute atomic E-state index is 9.71. The predicted octanol–water partition coefficient (Wildman–Crippen LogP) is 2.54. The fourth-order valence-electron chi connectivity index (χ4n) is 1.59. The van der Waals surface area contributed by atoms with Crippen LogP contribution in [0.3, 0.4) is 0 Å². The molecule has 0 aliphatic carbocycles. The highest BCUT2D eigenvalue weighted by atomic mass is 16.3. The van der Waals surface area contributed by atoms with Gasteiger partial charge in [-0.1, -0.05) is 13.8 Å². The van der Waals surface area contributed by atoms with E-state index >= 15 is 0 Å². The minimum absolute atomic E-state index is 0.208. The van der Waals surface area contributed by atoms with E-state index in [0.29, 0.717) is 6.54 Å². The summed E-state index contributed by atoms with van der Waals surface area (Å²) in [6, 6.07) is 5.00. The maximum Gasteiger partial charge on any atom is 0.117 e. The first kappa shape index (κ1) is 13.5. The normalized spacial score (nSPS) is 11.1. The molecule has 0 spiro atoms. The summed E-state index contributed by atoms with van der Waals surface area (Å²) in [5.74, 6) is 0.208. The molecule has 1 heterocycles. The Balaban J connectivity index is 0.000000686. The lowest BCUT2D eigenvalue weighted by Gasteiger charge is -2.18. The zero-order valence-corrected chi connectivity index (χ0v) is 10.8. The zero-order chi connectivity index (χ0) is 13.1. The van der Waals surface area contributed by atoms with Crippen molar-refractivity contribution in [2.45, 2.75) is 39.8 Å². The third-order valence-corrected chi connectivity index (χ3v) is 2.16. The van der Waals surface area contributed by atoms with Crippen LogP contribution in [0.2, 0.25) is 0 Å². The van der Waals surface area contributed by atoms with Gasteiger partial charge in [0.1, 0.15) is 5.75 Å². The van der Waals surface area contributed by atoms with E-state index in [1.54, 1.807) is 38.4 Å². The molecule has 0 fully saturated rings. The van der Waals surface area contributed by atoms with Crippen LogP contribution < -0.4 is 0 Å². The molecule has 4 heteroatoms. The van der Waals surface area contributed by atoms with Gasteiger partial charge in [0.05, 0.1) is 29.5 Å². The van der Waals surface area contributed by atoms with Crippen LogP contribution in [0.5, 0.6) is 5.75 Å². The van der Waals surface area contributed by atoms with Crippen LogP contribution >= 0.6 is 0 Å². The Morgan fingerprint density at radius 2 is 1.94 bits per heavy atom. The summed E-state index contributed by atoms with van der Waals surface area (Å²) in [5.41, 5.74) is 0.855. The first-order chi connectivity index (χ1) is 7.96. The molecule has 0 amide bonds. The van der Waals surface area contributed by atoms with Crippen LogP contribution in [-0.4, -0.2) is 25.4 Å². The summed E-state index contributed by atoms with van der Waals surface area (Å²) in [7, 11) is 0. The molecule has 0 unspecified atom stereocenters. The van der Waals surface area contributed by atoms with Crippen LogP contribution in [0.25, 0.3) is 11.0 Å². The number of imidazole rings is 1. The van der Waals surface area contributed by atoms with Gasteiger partial charge in [-0.3, -0.25) is 0 Å². The highest BCUT2D eigenvalue weighted by Crippen LogP contribution is 2.20. The van der Waals surface area contributed by atoms with Gasteiger partial charge in [-0.05, 0) is 26.0 Å². The van der Waals surface area contributed by atoms with Crippen molar-refractivity contribution in [3.8, 4) is 5.75 Å². The maximum atomic E-state index is 9.71. The summed E-state index contributed by atoms with van der Waals surface area (Å²) in [6.45, 7) is 7.93. The molecule has 0 saturated carbocycles. The second-order valence-corrected chi connectivity index (χ2v) is 4.36. The van der Waals surface area contributed by atoms with Gasteiger partial charge >= 0.3 is 0 Å². The quantitative estimate of drug-likeness (QED) is 0.842. The number of fused-ring (bicyclic) bond motifs is 1. The Morgan fingerprint density at radius 3 is 2.53 bits per heavy atom. The predicted molar refractivity (Wildman–Crippen MR) is 69.0 cm³/mol. The van der Waals surface area contributed by atoms with E-state index in [1.165, 1.54) is 0 Å². The third-order valence-electron chi connectivity index (χ3n) is 2.16. The van der Waals surface area contributed by atoms with Crippen LogP contribution in [0.4, 0.5) is 0 Å².